The Kier molecular flexibility index (Phi) is 4.21. The number of nitrogens with zero attached hydrogens (tertiary/aromatic N) is 2. The molecule has 1 aromatic rings. The molecule has 0 aromatic carbocycles. The predicted octanol–water partition coefficient (Wildman–Crippen LogP) is 3.48. The smallest absolute Gasteiger partial charge is 0.0628 e. The molecule has 0 aliphatic heterocycles. The Morgan fingerprint density at radius 2 is 1.79 bits per heavy atom. The van der Waals surface area contributed by atoms with Crippen molar-refractivity contribution in [3.63, 3.8) is 0 Å². The van der Waals surface area contributed by atoms with Crippen molar-refractivity contribution in [2.45, 2.75) is 76.4 Å². The molecule has 2 atom stereocenters. The summed E-state index contributed by atoms with van der Waals surface area (Å²) in [5.41, 5.74) is 1.18. The first kappa shape index (κ1) is 13.2. The maximum atomic E-state index is 10.2. The zero-order chi connectivity index (χ0) is 13.1. The fraction of sp³-hybridized carbons (Fsp3) is 0.812. The van der Waals surface area contributed by atoms with Crippen LogP contribution in [0, 0.1) is 5.92 Å². The van der Waals surface area contributed by atoms with E-state index in [1.165, 1.54) is 50.6 Å². The van der Waals surface area contributed by atoms with Crippen molar-refractivity contribution in [2.24, 2.45) is 5.92 Å². The second-order valence-electron chi connectivity index (χ2n) is 6.39. The van der Waals surface area contributed by atoms with Crippen LogP contribution >= 0.6 is 0 Å². The van der Waals surface area contributed by atoms with Gasteiger partial charge in [-0.15, -0.1) is 0 Å². The molecule has 0 bridgehead atoms. The summed E-state index contributed by atoms with van der Waals surface area (Å²) in [6, 6.07) is 2.79. The van der Waals surface area contributed by atoms with Gasteiger partial charge in [-0.3, -0.25) is 4.68 Å². The quantitative estimate of drug-likeness (QED) is 0.847. The van der Waals surface area contributed by atoms with Crippen LogP contribution in [0.2, 0.25) is 0 Å². The Hall–Kier alpha value is -0.830. The molecular formula is C16H26N2O. The van der Waals surface area contributed by atoms with Gasteiger partial charge in [-0.2, -0.15) is 5.10 Å². The van der Waals surface area contributed by atoms with E-state index in [2.05, 4.69) is 16.9 Å². The highest BCUT2D eigenvalue weighted by molar-refractivity contribution is 5.02. The van der Waals surface area contributed by atoms with Gasteiger partial charge in [0.1, 0.15) is 0 Å². The molecule has 3 nitrogen and oxygen atoms in total. The Morgan fingerprint density at radius 1 is 1.05 bits per heavy atom. The predicted molar refractivity (Wildman–Crippen MR) is 76.0 cm³/mol. The molecule has 0 amide bonds. The number of aliphatic hydroxyl groups is 1. The number of hydrogen-bond acceptors (Lipinski definition) is 2. The van der Waals surface area contributed by atoms with Gasteiger partial charge in [-0.05, 0) is 44.1 Å². The molecule has 19 heavy (non-hydrogen) atoms. The number of aromatic nitrogens is 2. The zero-order valence-electron chi connectivity index (χ0n) is 11.8. The first-order chi connectivity index (χ1) is 9.33. The van der Waals surface area contributed by atoms with Gasteiger partial charge in [0.15, 0.2) is 0 Å². The number of rotatable bonds is 3. The van der Waals surface area contributed by atoms with Gasteiger partial charge in [0.2, 0.25) is 0 Å². The fourth-order valence-corrected chi connectivity index (χ4v) is 3.73. The van der Waals surface area contributed by atoms with Crippen LogP contribution in [-0.4, -0.2) is 21.0 Å². The summed E-state index contributed by atoms with van der Waals surface area (Å²) in [5.74, 6) is 0.425. The van der Waals surface area contributed by atoms with Crippen molar-refractivity contribution in [1.29, 1.82) is 0 Å². The van der Waals surface area contributed by atoms with Crippen molar-refractivity contribution >= 4 is 0 Å². The molecule has 1 N–H and O–H groups in total. The molecule has 106 valence electrons. The Labute approximate surface area is 116 Å². The minimum atomic E-state index is -0.112. The number of hydrogen-bond donors (Lipinski definition) is 1. The van der Waals surface area contributed by atoms with E-state index in [9.17, 15) is 5.11 Å². The van der Waals surface area contributed by atoms with Crippen molar-refractivity contribution in [2.75, 3.05) is 0 Å². The van der Waals surface area contributed by atoms with Gasteiger partial charge in [0.25, 0.3) is 0 Å². The first-order valence-electron chi connectivity index (χ1n) is 8.05. The Morgan fingerprint density at radius 3 is 2.63 bits per heavy atom. The minimum Gasteiger partial charge on any atom is -0.393 e. The fourth-order valence-electron chi connectivity index (χ4n) is 3.73. The lowest BCUT2D eigenvalue weighted by molar-refractivity contribution is 0.0999. The standard InChI is InChI=1S/C16H26N2O/c19-16-9-3-1-2-6-13(16)12-14-10-11-18(17-14)15-7-4-5-8-15/h10-11,13,15-16,19H,1-9,12H2. The van der Waals surface area contributed by atoms with Gasteiger partial charge in [-0.25, -0.2) is 0 Å². The van der Waals surface area contributed by atoms with Crippen LogP contribution in [-0.2, 0) is 6.42 Å². The van der Waals surface area contributed by atoms with Gasteiger partial charge in [0, 0.05) is 6.20 Å². The summed E-state index contributed by atoms with van der Waals surface area (Å²) < 4.78 is 2.17. The molecule has 3 rings (SSSR count). The maximum absolute atomic E-state index is 10.2. The van der Waals surface area contributed by atoms with E-state index in [4.69, 9.17) is 5.10 Å². The van der Waals surface area contributed by atoms with Crippen molar-refractivity contribution in [3.05, 3.63) is 18.0 Å². The third kappa shape index (κ3) is 3.19. The van der Waals surface area contributed by atoms with Crippen LogP contribution < -0.4 is 0 Å². The molecule has 1 heterocycles. The second kappa shape index (κ2) is 6.08. The molecule has 1 aromatic heterocycles. The summed E-state index contributed by atoms with van der Waals surface area (Å²) >= 11 is 0. The summed E-state index contributed by atoms with van der Waals surface area (Å²) in [6.07, 6.45) is 14.1. The van der Waals surface area contributed by atoms with E-state index in [0.29, 0.717) is 12.0 Å². The number of aliphatic hydroxyl groups excluding tert-OH is 1. The van der Waals surface area contributed by atoms with Gasteiger partial charge >= 0.3 is 0 Å². The van der Waals surface area contributed by atoms with Crippen molar-refractivity contribution in [1.82, 2.24) is 9.78 Å². The van der Waals surface area contributed by atoms with E-state index >= 15 is 0 Å². The van der Waals surface area contributed by atoms with Crippen LogP contribution in [0.5, 0.6) is 0 Å². The highest BCUT2D eigenvalue weighted by Gasteiger charge is 2.23. The highest BCUT2D eigenvalue weighted by atomic mass is 16.3. The third-order valence-corrected chi connectivity index (χ3v) is 4.95. The Balaban J connectivity index is 1.62. The minimum absolute atomic E-state index is 0.112. The largest absolute Gasteiger partial charge is 0.393 e. The molecule has 2 aliphatic carbocycles. The lowest BCUT2D eigenvalue weighted by atomic mass is 9.92. The van der Waals surface area contributed by atoms with E-state index in [-0.39, 0.29) is 6.10 Å². The van der Waals surface area contributed by atoms with Crippen molar-refractivity contribution in [3.8, 4) is 0 Å². The molecule has 0 radical (unpaired) electrons. The van der Waals surface area contributed by atoms with Crippen LogP contribution in [0.1, 0.15) is 69.5 Å². The molecular weight excluding hydrogens is 236 g/mol. The van der Waals surface area contributed by atoms with Gasteiger partial charge in [-0.1, -0.05) is 32.1 Å². The summed E-state index contributed by atoms with van der Waals surface area (Å²) in [5, 5.41) is 15.0. The second-order valence-corrected chi connectivity index (χ2v) is 6.39. The molecule has 2 fully saturated rings. The summed E-state index contributed by atoms with van der Waals surface area (Å²) in [7, 11) is 0. The molecule has 2 saturated carbocycles. The van der Waals surface area contributed by atoms with E-state index in [0.717, 1.165) is 19.3 Å². The van der Waals surface area contributed by atoms with Crippen LogP contribution in [0.25, 0.3) is 0 Å². The summed E-state index contributed by atoms with van der Waals surface area (Å²) in [4.78, 5) is 0. The Bertz CT molecular complexity index is 395. The average molecular weight is 262 g/mol. The van der Waals surface area contributed by atoms with Gasteiger partial charge in [0.05, 0.1) is 17.8 Å². The van der Waals surface area contributed by atoms with E-state index in [1.54, 1.807) is 0 Å². The van der Waals surface area contributed by atoms with Crippen LogP contribution in [0.15, 0.2) is 12.3 Å². The van der Waals surface area contributed by atoms with Crippen LogP contribution in [0.3, 0.4) is 0 Å². The van der Waals surface area contributed by atoms with Crippen LogP contribution in [0.4, 0.5) is 0 Å². The zero-order valence-corrected chi connectivity index (χ0v) is 11.8. The highest BCUT2D eigenvalue weighted by Crippen LogP contribution is 2.30. The van der Waals surface area contributed by atoms with Crippen molar-refractivity contribution < 1.29 is 5.11 Å². The monoisotopic (exact) mass is 262 g/mol. The maximum Gasteiger partial charge on any atom is 0.0628 e. The topological polar surface area (TPSA) is 38.0 Å². The molecule has 2 unspecified atom stereocenters. The lowest BCUT2D eigenvalue weighted by Gasteiger charge is -2.19. The van der Waals surface area contributed by atoms with Gasteiger partial charge < -0.3 is 5.11 Å². The summed E-state index contributed by atoms with van der Waals surface area (Å²) in [6.45, 7) is 0. The van der Waals surface area contributed by atoms with E-state index in [1.807, 2.05) is 0 Å². The normalized spacial score (nSPS) is 29.5. The molecule has 2 aliphatic rings. The lowest BCUT2D eigenvalue weighted by Crippen LogP contribution is -2.21. The average Bonchev–Trinajstić information content (AvgIpc) is 3.03. The molecule has 3 heteroatoms. The third-order valence-electron chi connectivity index (χ3n) is 4.95. The molecule has 0 spiro atoms. The SMILES string of the molecule is OC1CCCCCC1Cc1ccn(C2CCCC2)n1. The molecule has 0 saturated heterocycles. The first-order valence-corrected chi connectivity index (χ1v) is 8.05. The van der Waals surface area contributed by atoms with E-state index < -0.39 is 0 Å².